The Kier molecular flexibility index (Phi) is 8.35. The molecule has 1 fully saturated rings. The molecular formula is C29H36IrN5O2-. The largest absolute Gasteiger partial charge is 0.512 e. The Hall–Kier alpha value is -2.57. The zero-order chi connectivity index (χ0) is 26.4. The Morgan fingerprint density at radius 3 is 2.03 bits per heavy atom. The second-order valence-electron chi connectivity index (χ2n) is 12.0. The molecule has 7 nitrogen and oxygen atoms in total. The van der Waals surface area contributed by atoms with Gasteiger partial charge in [0.1, 0.15) is 5.82 Å². The summed E-state index contributed by atoms with van der Waals surface area (Å²) in [5.41, 5.74) is 6.34. The smallest absolute Gasteiger partial charge is 0.155 e. The number of fused-ring (bicyclic) bond motifs is 7. The molecule has 0 spiro atoms. The monoisotopic (exact) mass is 679 g/mol. The summed E-state index contributed by atoms with van der Waals surface area (Å²) in [6.07, 6.45) is 11.9. The van der Waals surface area contributed by atoms with Crippen molar-refractivity contribution < 1.29 is 30.0 Å². The molecule has 8 heteroatoms. The Morgan fingerprint density at radius 2 is 1.54 bits per heavy atom. The van der Waals surface area contributed by atoms with Crippen molar-refractivity contribution >= 4 is 16.8 Å². The molecule has 0 aliphatic heterocycles. The van der Waals surface area contributed by atoms with Crippen LogP contribution in [0.1, 0.15) is 109 Å². The Morgan fingerprint density at radius 1 is 0.946 bits per heavy atom. The van der Waals surface area contributed by atoms with Crippen LogP contribution in [-0.4, -0.2) is 35.8 Å². The molecule has 1 saturated carbocycles. The number of aliphatic hydroxyl groups is 1. The van der Waals surface area contributed by atoms with E-state index in [2.05, 4.69) is 62.7 Å². The zero-order valence-electron chi connectivity index (χ0n) is 22.9. The van der Waals surface area contributed by atoms with Crippen LogP contribution < -0.4 is 0 Å². The first-order valence-electron chi connectivity index (χ1n) is 12.6. The minimum absolute atomic E-state index is 0. The second-order valence-corrected chi connectivity index (χ2v) is 12.0. The quantitative estimate of drug-likeness (QED) is 0.194. The number of aliphatic hydroxyl groups excluding tert-OH is 1. The molecular weight excluding hydrogens is 643 g/mol. The molecule has 0 saturated heterocycles. The van der Waals surface area contributed by atoms with Gasteiger partial charge < -0.3 is 15.1 Å². The average Bonchev–Trinajstić information content (AvgIpc) is 3.39. The van der Waals surface area contributed by atoms with E-state index in [9.17, 15) is 4.79 Å². The summed E-state index contributed by atoms with van der Waals surface area (Å²) in [4.78, 5) is 33.8. The van der Waals surface area contributed by atoms with Crippen LogP contribution in [0.4, 0.5) is 0 Å². The number of nitrogens with zero attached hydrogens (tertiary/aromatic N) is 5. The average molecular weight is 679 g/mol. The van der Waals surface area contributed by atoms with Crippen LogP contribution in [0.5, 0.6) is 0 Å². The number of ketones is 1. The van der Waals surface area contributed by atoms with E-state index in [1.165, 1.54) is 50.3 Å². The normalized spacial score (nSPS) is 18.6. The Balaban J connectivity index is 0.000000422. The van der Waals surface area contributed by atoms with Crippen LogP contribution in [0.25, 0.3) is 22.3 Å². The summed E-state index contributed by atoms with van der Waals surface area (Å²) in [6, 6.07) is 0. The molecule has 37 heavy (non-hydrogen) atoms. The van der Waals surface area contributed by atoms with Gasteiger partial charge in [-0.05, 0) is 67.8 Å². The number of pyridine rings is 1. The molecule has 2 aliphatic rings. The molecule has 5 rings (SSSR count). The van der Waals surface area contributed by atoms with Crippen LogP contribution in [-0.2, 0) is 35.7 Å². The Labute approximate surface area is 233 Å². The van der Waals surface area contributed by atoms with Crippen molar-refractivity contribution in [2.45, 2.75) is 97.3 Å². The van der Waals surface area contributed by atoms with Crippen molar-refractivity contribution in [1.29, 1.82) is 0 Å². The molecule has 2 bridgehead atoms. The molecule has 2 aliphatic carbocycles. The van der Waals surface area contributed by atoms with Gasteiger partial charge in [0.15, 0.2) is 5.78 Å². The van der Waals surface area contributed by atoms with Crippen molar-refractivity contribution in [3.63, 3.8) is 0 Å². The fourth-order valence-corrected chi connectivity index (χ4v) is 5.06. The number of rotatable bonds is 2. The fraction of sp³-hybridized carbons (Fsp3) is 0.517. The topological polar surface area (TPSA) is 102 Å². The predicted molar refractivity (Wildman–Crippen MR) is 141 cm³/mol. The maximum Gasteiger partial charge on any atom is 0.155 e. The summed E-state index contributed by atoms with van der Waals surface area (Å²) in [5.74, 6) is 2.77. The first kappa shape index (κ1) is 29.0. The summed E-state index contributed by atoms with van der Waals surface area (Å²) in [7, 11) is 0. The van der Waals surface area contributed by atoms with Crippen LogP contribution in [0.2, 0.25) is 0 Å². The van der Waals surface area contributed by atoms with Crippen LogP contribution >= 0.6 is 0 Å². The fourth-order valence-electron chi connectivity index (χ4n) is 5.06. The van der Waals surface area contributed by atoms with Crippen molar-refractivity contribution in [3.8, 4) is 11.3 Å². The number of carbonyl (C=O) groups is 1. The van der Waals surface area contributed by atoms with E-state index in [1.54, 1.807) is 0 Å². The van der Waals surface area contributed by atoms with Gasteiger partial charge >= 0.3 is 0 Å². The van der Waals surface area contributed by atoms with Gasteiger partial charge in [-0.3, -0.25) is 9.78 Å². The summed E-state index contributed by atoms with van der Waals surface area (Å²) < 4.78 is 0. The van der Waals surface area contributed by atoms with Gasteiger partial charge in [-0.25, -0.2) is 9.97 Å². The van der Waals surface area contributed by atoms with E-state index in [1.807, 2.05) is 12.4 Å². The van der Waals surface area contributed by atoms with Gasteiger partial charge in [-0.15, -0.1) is 0 Å². The summed E-state index contributed by atoms with van der Waals surface area (Å²) in [6.45, 7) is 15.7. The van der Waals surface area contributed by atoms with Crippen molar-refractivity contribution in [2.24, 2.45) is 0 Å². The van der Waals surface area contributed by atoms with Gasteiger partial charge in [-0.2, -0.15) is 0 Å². The molecule has 199 valence electrons. The molecule has 3 aromatic rings. The number of carbonyl (C=O) groups excluding carboxylic acids is 1. The maximum atomic E-state index is 10.0. The van der Waals surface area contributed by atoms with Gasteiger partial charge in [0, 0.05) is 37.4 Å². The third-order valence-corrected chi connectivity index (χ3v) is 6.66. The van der Waals surface area contributed by atoms with Crippen molar-refractivity contribution in [3.05, 3.63) is 53.2 Å². The molecule has 2 atom stereocenters. The second kappa shape index (κ2) is 10.7. The molecule has 0 aromatic carbocycles. The number of hydrogen-bond acceptors (Lipinski definition) is 7. The van der Waals surface area contributed by atoms with E-state index in [4.69, 9.17) is 15.1 Å². The first-order chi connectivity index (χ1) is 16.8. The van der Waals surface area contributed by atoms with Gasteiger partial charge in [-0.1, -0.05) is 58.9 Å². The van der Waals surface area contributed by atoms with Crippen LogP contribution in [0, 0.1) is 6.20 Å². The van der Waals surface area contributed by atoms with Gasteiger partial charge in [0.05, 0.1) is 23.0 Å². The molecule has 0 amide bonds. The number of aromatic nitrogens is 5. The molecule has 1 N–H and O–H groups in total. The minimum Gasteiger partial charge on any atom is -0.512 e. The van der Waals surface area contributed by atoms with Crippen molar-refractivity contribution in [1.82, 2.24) is 24.9 Å². The van der Waals surface area contributed by atoms with E-state index in [0.29, 0.717) is 11.8 Å². The zero-order valence-corrected chi connectivity index (χ0v) is 25.3. The molecule has 1 radical (unpaired) electrons. The summed E-state index contributed by atoms with van der Waals surface area (Å²) in [5, 5.41) is 8.36. The van der Waals surface area contributed by atoms with Crippen LogP contribution in [0.3, 0.4) is 0 Å². The van der Waals surface area contributed by atoms with E-state index < -0.39 is 0 Å². The predicted octanol–water partition coefficient (Wildman–Crippen LogP) is 6.28. The SMILES string of the molecule is CC(=O)C=C(C)O.CC(C)(C)c1n[c-]c(-c2nc3cnc(C(C)(C)C)nc3c3c2C2CCC3C2)cn1.[Ir]. The van der Waals surface area contributed by atoms with Gasteiger partial charge in [0.2, 0.25) is 0 Å². The molecule has 3 heterocycles. The summed E-state index contributed by atoms with van der Waals surface area (Å²) >= 11 is 0. The van der Waals surface area contributed by atoms with Crippen LogP contribution in [0.15, 0.2) is 24.2 Å². The van der Waals surface area contributed by atoms with Crippen molar-refractivity contribution in [2.75, 3.05) is 0 Å². The third-order valence-electron chi connectivity index (χ3n) is 6.66. The molecule has 3 aromatic heterocycles. The van der Waals surface area contributed by atoms with E-state index in [0.717, 1.165) is 33.9 Å². The van der Waals surface area contributed by atoms with E-state index in [-0.39, 0.29) is 42.5 Å². The first-order valence-corrected chi connectivity index (χ1v) is 12.6. The Bertz CT molecular complexity index is 1330. The minimum atomic E-state index is -0.125. The van der Waals surface area contributed by atoms with E-state index >= 15 is 0 Å². The third kappa shape index (κ3) is 6.12. The number of allylic oxidation sites excluding steroid dienone is 2. The van der Waals surface area contributed by atoms with Gasteiger partial charge in [0.25, 0.3) is 0 Å². The maximum absolute atomic E-state index is 10.0. The number of hydrogen-bond donors (Lipinski definition) is 1. The molecule has 2 unspecified atom stereocenters. The standard InChI is InChI=1S/C24H28N5.C5H8O2.Ir/c1-23(2,3)21-25-10-15(11-26-21)19-17-13-7-8-14(9-13)18(17)20-16(28-19)12-27-22(29-20)24(4,5)6;1-4(6)3-5(2)7;/h10,12-14H,7-9H2,1-6H3;3,6H,1-2H3;/q-1;;.